The zero-order valence-corrected chi connectivity index (χ0v) is 33.6. The molecule has 0 bridgehead atoms. The van der Waals surface area contributed by atoms with Crippen LogP contribution in [0.4, 0.5) is 0 Å². The fourth-order valence-corrected chi connectivity index (χ4v) is 11.5. The average Bonchev–Trinajstić information content (AvgIpc) is 3.47. The van der Waals surface area contributed by atoms with E-state index in [1.807, 2.05) is 12.1 Å². The van der Waals surface area contributed by atoms with Crippen molar-refractivity contribution in [3.8, 4) is 17.2 Å². The van der Waals surface area contributed by atoms with Gasteiger partial charge < -0.3 is 18.6 Å². The van der Waals surface area contributed by atoms with Crippen LogP contribution in [0.15, 0.2) is 67.8 Å². The highest BCUT2D eigenvalue weighted by Crippen LogP contribution is 2.67. The first-order chi connectivity index (χ1) is 24.9. The summed E-state index contributed by atoms with van der Waals surface area (Å²) in [6, 6.07) is 12.2. The molecule has 1 aromatic heterocycles. The van der Waals surface area contributed by atoms with Crippen LogP contribution >= 0.6 is 15.9 Å². The van der Waals surface area contributed by atoms with Crippen LogP contribution in [0.2, 0.25) is 0 Å². The monoisotopic (exact) mass is 772 g/mol. The van der Waals surface area contributed by atoms with Crippen molar-refractivity contribution >= 4 is 32.9 Å². The summed E-state index contributed by atoms with van der Waals surface area (Å²) in [5.74, 6) is 5.98. The van der Waals surface area contributed by atoms with E-state index in [0.29, 0.717) is 33.6 Å². The van der Waals surface area contributed by atoms with E-state index in [-0.39, 0.29) is 35.3 Å². The number of aryl methyl sites for hydroxylation is 1. The van der Waals surface area contributed by atoms with Crippen LogP contribution in [0.25, 0.3) is 11.0 Å². The number of hydrogen-bond acceptors (Lipinski definition) is 6. The standard InChI is InChI=1S/C45H57BrO6/c1-27(2)8-7-9-28(3)37-18-19-38-35-16-10-30-24-34(20-22-44(30,5)39(35)21-23-45(37,38)6)51-41(47)26-49-33-15-17-36-40(25-33)50-29(4)43(42(36)48)52-32-13-11-31(46)12-14-32/h10-15,17,25,27-28,34-35,37-39H,7-9,16,18-24,26H2,1-6H3/t28-,34-,35-,37+,38-,39-,44-,45+/m0/s1. The molecule has 6 nitrogen and oxygen atoms in total. The highest BCUT2D eigenvalue weighted by atomic mass is 79.9. The Morgan fingerprint density at radius 2 is 1.73 bits per heavy atom. The van der Waals surface area contributed by atoms with Gasteiger partial charge in [-0.15, -0.1) is 0 Å². The maximum Gasteiger partial charge on any atom is 0.344 e. The fraction of sp³-hybridized carbons (Fsp3) is 0.600. The van der Waals surface area contributed by atoms with Crippen LogP contribution in [0.3, 0.4) is 0 Å². The lowest BCUT2D eigenvalue weighted by Gasteiger charge is -2.58. The van der Waals surface area contributed by atoms with Gasteiger partial charge in [-0.25, -0.2) is 4.79 Å². The molecule has 0 aliphatic heterocycles. The van der Waals surface area contributed by atoms with Crippen LogP contribution in [0.5, 0.6) is 17.2 Å². The molecule has 0 amide bonds. The predicted molar refractivity (Wildman–Crippen MR) is 210 cm³/mol. The molecule has 0 radical (unpaired) electrons. The first-order valence-electron chi connectivity index (χ1n) is 19.9. The lowest BCUT2D eigenvalue weighted by molar-refractivity contribution is -0.153. The van der Waals surface area contributed by atoms with Gasteiger partial charge in [0.2, 0.25) is 11.2 Å². The van der Waals surface area contributed by atoms with Crippen molar-refractivity contribution in [2.24, 2.45) is 46.3 Å². The van der Waals surface area contributed by atoms with Crippen molar-refractivity contribution in [1.82, 2.24) is 0 Å². The molecule has 0 N–H and O–H groups in total. The van der Waals surface area contributed by atoms with Gasteiger partial charge in [0.1, 0.15) is 28.9 Å². The molecule has 3 fully saturated rings. The van der Waals surface area contributed by atoms with Gasteiger partial charge in [-0.05, 0) is 135 Å². The first-order valence-corrected chi connectivity index (χ1v) is 20.7. The third-order valence-corrected chi connectivity index (χ3v) is 14.5. The van der Waals surface area contributed by atoms with Crippen molar-refractivity contribution < 1.29 is 23.4 Å². The van der Waals surface area contributed by atoms with Gasteiger partial charge in [0.15, 0.2) is 6.61 Å². The number of carbonyl (C=O) groups excluding carboxylic acids is 1. The van der Waals surface area contributed by atoms with Crippen molar-refractivity contribution in [2.75, 3.05) is 6.61 Å². The van der Waals surface area contributed by atoms with E-state index >= 15 is 0 Å². The lowest BCUT2D eigenvalue weighted by Crippen LogP contribution is -2.51. The summed E-state index contributed by atoms with van der Waals surface area (Å²) in [6.07, 6.45) is 16.1. The molecule has 3 aromatic rings. The van der Waals surface area contributed by atoms with Crippen molar-refractivity contribution in [3.63, 3.8) is 0 Å². The second-order valence-corrected chi connectivity index (χ2v) is 18.4. The molecule has 2 aromatic carbocycles. The van der Waals surface area contributed by atoms with Crippen molar-refractivity contribution in [1.29, 1.82) is 0 Å². The number of carbonyl (C=O) groups is 1. The number of rotatable bonds is 11. The number of allylic oxidation sites excluding steroid dienone is 1. The van der Waals surface area contributed by atoms with E-state index < -0.39 is 0 Å². The van der Waals surface area contributed by atoms with Gasteiger partial charge in [-0.1, -0.05) is 81.5 Å². The van der Waals surface area contributed by atoms with Crippen LogP contribution in [-0.4, -0.2) is 18.7 Å². The number of ether oxygens (including phenoxy) is 3. The highest BCUT2D eigenvalue weighted by Gasteiger charge is 2.59. The van der Waals surface area contributed by atoms with Gasteiger partial charge in [0.25, 0.3) is 0 Å². The van der Waals surface area contributed by atoms with E-state index in [0.717, 1.165) is 59.2 Å². The summed E-state index contributed by atoms with van der Waals surface area (Å²) in [5, 5.41) is 0.378. The topological polar surface area (TPSA) is 75.0 Å². The largest absolute Gasteiger partial charge is 0.482 e. The number of benzene rings is 2. The average molecular weight is 774 g/mol. The van der Waals surface area contributed by atoms with Gasteiger partial charge in [-0.2, -0.15) is 0 Å². The summed E-state index contributed by atoms with van der Waals surface area (Å²) < 4.78 is 24.6. The molecular weight excluding hydrogens is 716 g/mol. The minimum atomic E-state index is -0.369. The van der Waals surface area contributed by atoms with Crippen LogP contribution < -0.4 is 14.9 Å². The minimum Gasteiger partial charge on any atom is -0.482 e. The van der Waals surface area contributed by atoms with Crippen LogP contribution in [-0.2, 0) is 9.53 Å². The van der Waals surface area contributed by atoms with Gasteiger partial charge >= 0.3 is 5.97 Å². The summed E-state index contributed by atoms with van der Waals surface area (Å²) >= 11 is 3.41. The van der Waals surface area contributed by atoms with Gasteiger partial charge in [0, 0.05) is 17.0 Å². The maximum atomic E-state index is 13.3. The van der Waals surface area contributed by atoms with Crippen molar-refractivity contribution in [3.05, 3.63) is 74.6 Å². The smallest absolute Gasteiger partial charge is 0.344 e. The van der Waals surface area contributed by atoms with Crippen molar-refractivity contribution in [2.45, 2.75) is 118 Å². The molecule has 0 unspecified atom stereocenters. The molecular formula is C45H57BrO6. The SMILES string of the molecule is Cc1oc2cc(OCC(=O)O[C@H]3CC[C@@]4(C)C(=CC[C@H]5[C@@H]6CC[C@H]([C@@H](C)CCCC(C)C)[C@@]6(C)CC[C@@H]54)C3)ccc2c(=O)c1Oc1ccc(Br)cc1. The number of halogens is 1. The first kappa shape index (κ1) is 37.3. The molecule has 52 heavy (non-hydrogen) atoms. The third kappa shape index (κ3) is 7.24. The van der Waals surface area contributed by atoms with Gasteiger partial charge in [-0.3, -0.25) is 4.79 Å². The zero-order valence-electron chi connectivity index (χ0n) is 32.0. The molecule has 1 heterocycles. The Balaban J connectivity index is 0.944. The second-order valence-electron chi connectivity index (χ2n) is 17.5. The Kier molecular flexibility index (Phi) is 10.7. The maximum absolute atomic E-state index is 13.3. The summed E-state index contributed by atoms with van der Waals surface area (Å²) in [5.41, 5.74) is 2.32. The Morgan fingerprint density at radius 3 is 2.50 bits per heavy atom. The van der Waals surface area contributed by atoms with E-state index in [4.69, 9.17) is 18.6 Å². The van der Waals surface area contributed by atoms with E-state index in [9.17, 15) is 9.59 Å². The lowest BCUT2D eigenvalue weighted by atomic mass is 9.47. The minimum absolute atomic E-state index is 0.121. The predicted octanol–water partition coefficient (Wildman–Crippen LogP) is 12.0. The molecule has 7 rings (SSSR count). The Morgan fingerprint density at radius 1 is 0.962 bits per heavy atom. The Labute approximate surface area is 318 Å². The third-order valence-electron chi connectivity index (χ3n) is 13.9. The second kappa shape index (κ2) is 15.0. The van der Waals surface area contributed by atoms with E-state index in [1.54, 1.807) is 37.3 Å². The molecule has 280 valence electrons. The molecule has 8 atom stereocenters. The van der Waals surface area contributed by atoms with E-state index in [1.165, 1.54) is 56.9 Å². The number of hydrogen-bond donors (Lipinski definition) is 0. The molecule has 0 spiro atoms. The summed E-state index contributed by atoms with van der Waals surface area (Å²) in [4.78, 5) is 26.3. The molecule has 3 saturated carbocycles. The van der Waals surface area contributed by atoms with E-state index in [2.05, 4.69) is 56.6 Å². The number of fused-ring (bicyclic) bond motifs is 6. The fourth-order valence-electron chi connectivity index (χ4n) is 11.2. The Bertz CT molecular complexity index is 1860. The normalized spacial score (nSPS) is 30.2. The van der Waals surface area contributed by atoms with Gasteiger partial charge in [0.05, 0.1) is 5.39 Å². The molecule has 7 heteroatoms. The van der Waals surface area contributed by atoms with Crippen LogP contribution in [0, 0.1) is 53.3 Å². The van der Waals surface area contributed by atoms with Crippen LogP contribution in [0.1, 0.15) is 111 Å². The Hall–Kier alpha value is -3.06. The molecule has 4 aliphatic rings. The number of esters is 1. The summed E-state index contributed by atoms with van der Waals surface area (Å²) in [6.45, 7) is 13.9. The summed E-state index contributed by atoms with van der Waals surface area (Å²) in [7, 11) is 0. The zero-order chi connectivity index (χ0) is 36.8. The molecule has 0 saturated heterocycles. The quantitative estimate of drug-likeness (QED) is 0.143. The highest BCUT2D eigenvalue weighted by molar-refractivity contribution is 9.10. The molecule has 4 aliphatic carbocycles.